The van der Waals surface area contributed by atoms with Gasteiger partial charge in [-0.15, -0.1) is 0 Å². The molecule has 0 saturated carbocycles. The first kappa shape index (κ1) is 14.2. The zero-order valence-corrected chi connectivity index (χ0v) is 9.49. The summed E-state index contributed by atoms with van der Waals surface area (Å²) in [5.41, 5.74) is -0.685. The van der Waals surface area contributed by atoms with E-state index < -0.39 is 23.3 Å². The van der Waals surface area contributed by atoms with Gasteiger partial charge in [0.05, 0.1) is 5.56 Å². The van der Waals surface area contributed by atoms with Crippen molar-refractivity contribution < 1.29 is 27.8 Å². The van der Waals surface area contributed by atoms with Gasteiger partial charge in [-0.25, -0.2) is 0 Å². The number of ether oxygens (including phenoxy) is 1. The van der Waals surface area contributed by atoms with Crippen LogP contribution < -0.4 is 0 Å². The van der Waals surface area contributed by atoms with E-state index in [2.05, 4.69) is 4.74 Å². The van der Waals surface area contributed by atoms with Gasteiger partial charge >= 0.3 is 6.18 Å². The Morgan fingerprint density at radius 3 is 2.33 bits per heavy atom. The minimum Gasteiger partial charge on any atom is -0.507 e. The van der Waals surface area contributed by atoms with Crippen molar-refractivity contribution in [1.82, 2.24) is 0 Å². The molecule has 1 aromatic carbocycles. The van der Waals surface area contributed by atoms with Gasteiger partial charge in [0, 0.05) is 18.7 Å². The van der Waals surface area contributed by atoms with Crippen LogP contribution in [0, 0.1) is 0 Å². The van der Waals surface area contributed by atoms with Crippen molar-refractivity contribution in [3.05, 3.63) is 41.5 Å². The molecule has 0 amide bonds. The zero-order valence-electron chi connectivity index (χ0n) is 9.49. The van der Waals surface area contributed by atoms with E-state index in [1.54, 1.807) is 0 Å². The Morgan fingerprint density at radius 2 is 1.89 bits per heavy atom. The molecular weight excluding hydrogens is 249 g/mol. The van der Waals surface area contributed by atoms with Crippen LogP contribution >= 0.6 is 0 Å². The fraction of sp³-hybridized carbons (Fsp3) is 0.250. The number of aliphatic hydroxyl groups excluding tert-OH is 1. The van der Waals surface area contributed by atoms with Crippen molar-refractivity contribution in [2.45, 2.75) is 6.18 Å². The van der Waals surface area contributed by atoms with Crippen molar-refractivity contribution in [1.29, 1.82) is 0 Å². The van der Waals surface area contributed by atoms with E-state index in [4.69, 9.17) is 0 Å². The molecule has 0 radical (unpaired) electrons. The molecule has 3 nitrogen and oxygen atoms in total. The van der Waals surface area contributed by atoms with E-state index >= 15 is 0 Å². The molecule has 0 saturated heterocycles. The molecule has 0 spiro atoms. The number of benzene rings is 1. The number of hydrogen-bond donors (Lipinski definition) is 1. The lowest BCUT2D eigenvalue weighted by Crippen LogP contribution is -2.05. The molecule has 1 N–H and O–H groups in total. The fourth-order valence-corrected chi connectivity index (χ4v) is 1.25. The van der Waals surface area contributed by atoms with Gasteiger partial charge in [0.1, 0.15) is 12.4 Å². The van der Waals surface area contributed by atoms with Crippen molar-refractivity contribution in [3.63, 3.8) is 0 Å². The minimum absolute atomic E-state index is 0.132. The Bertz CT molecular complexity index is 447. The van der Waals surface area contributed by atoms with Gasteiger partial charge in [0.25, 0.3) is 0 Å². The third kappa shape index (κ3) is 3.89. The molecule has 1 aromatic rings. The van der Waals surface area contributed by atoms with Gasteiger partial charge in [-0.3, -0.25) is 4.79 Å². The van der Waals surface area contributed by atoms with Crippen LogP contribution in [0.1, 0.15) is 11.1 Å². The summed E-state index contributed by atoms with van der Waals surface area (Å²) in [6, 6.07) is 3.85. The Kier molecular flexibility index (Phi) is 4.49. The molecular formula is C12H11F3O3. The minimum atomic E-state index is -4.43. The lowest BCUT2D eigenvalue weighted by atomic mass is 10.1. The molecule has 0 atom stereocenters. The molecule has 0 heterocycles. The molecule has 98 valence electrons. The molecule has 0 aliphatic heterocycles. The molecule has 0 aromatic heterocycles. The number of carbonyl (C=O) groups is 1. The Balaban J connectivity index is 2.89. The summed E-state index contributed by atoms with van der Waals surface area (Å²) in [7, 11) is 1.32. The zero-order chi connectivity index (χ0) is 13.8. The van der Waals surface area contributed by atoms with E-state index in [1.807, 2.05) is 0 Å². The summed E-state index contributed by atoms with van der Waals surface area (Å²) in [4.78, 5) is 11.1. The number of hydrogen-bond acceptors (Lipinski definition) is 3. The summed E-state index contributed by atoms with van der Waals surface area (Å²) in [6.45, 7) is -0.204. The highest BCUT2D eigenvalue weighted by molar-refractivity contribution is 5.96. The molecule has 0 aliphatic carbocycles. The molecule has 6 heteroatoms. The highest BCUT2D eigenvalue weighted by Gasteiger charge is 2.30. The second-order valence-electron chi connectivity index (χ2n) is 3.50. The van der Waals surface area contributed by atoms with Crippen LogP contribution in [-0.2, 0) is 15.7 Å². The SMILES string of the molecule is COCC(=O)/C=C(/O)c1ccc(C(F)(F)F)cc1. The first-order valence-corrected chi connectivity index (χ1v) is 4.94. The largest absolute Gasteiger partial charge is 0.507 e. The summed E-state index contributed by atoms with van der Waals surface area (Å²) in [6.07, 6.45) is -3.52. The second kappa shape index (κ2) is 5.68. The molecule has 1 rings (SSSR count). The van der Waals surface area contributed by atoms with E-state index in [0.29, 0.717) is 0 Å². The van der Waals surface area contributed by atoms with Gasteiger partial charge < -0.3 is 9.84 Å². The van der Waals surface area contributed by atoms with Crippen LogP contribution in [0.5, 0.6) is 0 Å². The van der Waals surface area contributed by atoms with Gasteiger partial charge in [-0.05, 0) is 12.1 Å². The molecule has 0 bridgehead atoms. The molecule has 0 aliphatic rings. The van der Waals surface area contributed by atoms with Crippen LogP contribution in [0.4, 0.5) is 13.2 Å². The first-order valence-electron chi connectivity index (χ1n) is 4.94. The summed E-state index contributed by atoms with van der Waals surface area (Å²) >= 11 is 0. The number of rotatable bonds is 4. The van der Waals surface area contributed by atoms with Crippen LogP contribution in [0.2, 0.25) is 0 Å². The number of ketones is 1. The Labute approximate surface area is 101 Å². The highest BCUT2D eigenvalue weighted by atomic mass is 19.4. The van der Waals surface area contributed by atoms with Crippen molar-refractivity contribution in [2.24, 2.45) is 0 Å². The van der Waals surface area contributed by atoms with Gasteiger partial charge in [-0.1, -0.05) is 12.1 Å². The van der Waals surface area contributed by atoms with E-state index in [1.165, 1.54) is 7.11 Å². The third-order valence-electron chi connectivity index (χ3n) is 2.09. The predicted octanol–water partition coefficient (Wildman–Crippen LogP) is 2.82. The monoisotopic (exact) mass is 260 g/mol. The number of halogens is 3. The van der Waals surface area contributed by atoms with E-state index in [9.17, 15) is 23.1 Å². The third-order valence-corrected chi connectivity index (χ3v) is 2.09. The quantitative estimate of drug-likeness (QED) is 0.668. The molecule has 18 heavy (non-hydrogen) atoms. The number of methoxy groups -OCH3 is 1. The van der Waals surface area contributed by atoms with Gasteiger partial charge in [0.2, 0.25) is 0 Å². The standard InChI is InChI=1S/C12H11F3O3/c1-18-7-10(16)6-11(17)8-2-4-9(5-3-8)12(13,14)15/h2-6,17H,7H2,1H3/b11-6+. The first-order chi connectivity index (χ1) is 8.34. The van der Waals surface area contributed by atoms with Crippen molar-refractivity contribution in [3.8, 4) is 0 Å². The van der Waals surface area contributed by atoms with E-state index in [0.717, 1.165) is 30.3 Å². The Morgan fingerprint density at radius 1 is 1.33 bits per heavy atom. The number of aliphatic hydroxyl groups is 1. The van der Waals surface area contributed by atoms with Gasteiger partial charge in [-0.2, -0.15) is 13.2 Å². The van der Waals surface area contributed by atoms with Crippen LogP contribution in [-0.4, -0.2) is 24.6 Å². The lowest BCUT2D eigenvalue weighted by Gasteiger charge is -2.07. The van der Waals surface area contributed by atoms with Gasteiger partial charge in [0.15, 0.2) is 5.78 Å². The van der Waals surface area contributed by atoms with Crippen molar-refractivity contribution >= 4 is 11.5 Å². The smallest absolute Gasteiger partial charge is 0.416 e. The molecule has 0 unspecified atom stereocenters. The van der Waals surface area contributed by atoms with E-state index in [-0.39, 0.29) is 12.2 Å². The number of alkyl halides is 3. The second-order valence-corrected chi connectivity index (χ2v) is 3.50. The lowest BCUT2D eigenvalue weighted by molar-refractivity contribution is -0.137. The average Bonchev–Trinajstić information content (AvgIpc) is 2.28. The predicted molar refractivity (Wildman–Crippen MR) is 58.9 cm³/mol. The van der Waals surface area contributed by atoms with Crippen LogP contribution in [0.3, 0.4) is 0 Å². The normalized spacial score (nSPS) is 12.6. The summed E-state index contributed by atoms with van der Waals surface area (Å²) < 4.78 is 41.4. The highest BCUT2D eigenvalue weighted by Crippen LogP contribution is 2.29. The average molecular weight is 260 g/mol. The maximum atomic E-state index is 12.3. The Hall–Kier alpha value is -1.82. The maximum Gasteiger partial charge on any atom is 0.416 e. The summed E-state index contributed by atoms with van der Waals surface area (Å²) in [5, 5.41) is 9.51. The topological polar surface area (TPSA) is 46.5 Å². The fourth-order valence-electron chi connectivity index (χ4n) is 1.25. The molecule has 0 fully saturated rings. The van der Waals surface area contributed by atoms with Crippen molar-refractivity contribution in [2.75, 3.05) is 13.7 Å². The van der Waals surface area contributed by atoms with Crippen LogP contribution in [0.15, 0.2) is 30.3 Å². The maximum absolute atomic E-state index is 12.3. The number of carbonyl (C=O) groups excluding carboxylic acids is 1. The van der Waals surface area contributed by atoms with Crippen LogP contribution in [0.25, 0.3) is 5.76 Å². The summed E-state index contributed by atoms with van der Waals surface area (Å²) in [5.74, 6) is -0.874.